The quantitative estimate of drug-likeness (QED) is 0.820. The monoisotopic (exact) mass is 286 g/mol. The van der Waals surface area contributed by atoms with Gasteiger partial charge in [-0.05, 0) is 44.0 Å². The van der Waals surface area contributed by atoms with E-state index in [0.29, 0.717) is 16.1 Å². The van der Waals surface area contributed by atoms with Gasteiger partial charge < -0.3 is 15.3 Å². The van der Waals surface area contributed by atoms with Crippen molar-refractivity contribution in [3.8, 4) is 5.75 Å². The molecule has 0 aliphatic carbocycles. The summed E-state index contributed by atoms with van der Waals surface area (Å²) in [5.74, 6) is 0.694. The highest BCUT2D eigenvalue weighted by atomic mass is 35.5. The van der Waals surface area contributed by atoms with Gasteiger partial charge in [-0.25, -0.2) is 0 Å². The molecule has 2 N–H and O–H groups in total. The Labute approximate surface area is 117 Å². The molecule has 98 valence electrons. The Balaban J connectivity index is 1.77. The van der Waals surface area contributed by atoms with E-state index in [-0.39, 0.29) is 5.75 Å². The zero-order valence-electron chi connectivity index (χ0n) is 10.00. The lowest BCUT2D eigenvalue weighted by Gasteiger charge is -2.45. The van der Waals surface area contributed by atoms with E-state index >= 15 is 0 Å². The van der Waals surface area contributed by atoms with E-state index in [1.165, 1.54) is 25.9 Å². The van der Waals surface area contributed by atoms with Crippen molar-refractivity contribution in [2.75, 3.05) is 25.0 Å². The summed E-state index contributed by atoms with van der Waals surface area (Å²) < 4.78 is 0. The number of halogens is 2. The molecule has 3 aliphatic heterocycles. The van der Waals surface area contributed by atoms with Crippen molar-refractivity contribution in [3.63, 3.8) is 0 Å². The Morgan fingerprint density at radius 3 is 2.28 bits per heavy atom. The van der Waals surface area contributed by atoms with Crippen molar-refractivity contribution in [1.82, 2.24) is 4.90 Å². The van der Waals surface area contributed by atoms with Crippen molar-refractivity contribution in [3.05, 3.63) is 22.2 Å². The van der Waals surface area contributed by atoms with Gasteiger partial charge in [-0.15, -0.1) is 0 Å². The number of phenolic OH excluding ortho intramolecular Hbond substituents is 1. The molecular weight excluding hydrogens is 271 g/mol. The minimum atomic E-state index is -0.0437. The molecule has 4 rings (SSSR count). The van der Waals surface area contributed by atoms with E-state index in [9.17, 15) is 5.11 Å². The SMILES string of the molecule is Oc1c(Cl)cc(NC2CN3CCC2CC3)cc1Cl. The predicted molar refractivity (Wildman–Crippen MR) is 74.7 cm³/mol. The van der Waals surface area contributed by atoms with E-state index in [2.05, 4.69) is 10.2 Å². The molecule has 1 atom stereocenters. The van der Waals surface area contributed by atoms with Crippen LogP contribution in [0.25, 0.3) is 0 Å². The Bertz CT molecular complexity index is 435. The van der Waals surface area contributed by atoms with Crippen LogP contribution in [0.5, 0.6) is 5.75 Å². The zero-order valence-corrected chi connectivity index (χ0v) is 11.5. The van der Waals surface area contributed by atoms with Gasteiger partial charge in [0.2, 0.25) is 0 Å². The molecule has 0 spiro atoms. The second-order valence-corrected chi connectivity index (χ2v) is 5.99. The number of benzene rings is 1. The number of piperidine rings is 3. The number of fused-ring (bicyclic) bond motifs is 3. The maximum atomic E-state index is 9.54. The minimum Gasteiger partial charge on any atom is -0.505 e. The molecule has 3 heterocycles. The van der Waals surface area contributed by atoms with Crippen LogP contribution in [0, 0.1) is 5.92 Å². The van der Waals surface area contributed by atoms with Gasteiger partial charge in [-0.3, -0.25) is 0 Å². The Morgan fingerprint density at radius 1 is 1.17 bits per heavy atom. The molecule has 3 aliphatic rings. The Hall–Kier alpha value is -0.640. The average Bonchev–Trinajstić information content (AvgIpc) is 2.37. The van der Waals surface area contributed by atoms with Gasteiger partial charge in [0.05, 0.1) is 10.0 Å². The molecule has 0 radical (unpaired) electrons. The van der Waals surface area contributed by atoms with Crippen LogP contribution in [0.15, 0.2) is 12.1 Å². The van der Waals surface area contributed by atoms with Crippen molar-refractivity contribution in [1.29, 1.82) is 0 Å². The highest BCUT2D eigenvalue weighted by molar-refractivity contribution is 6.37. The molecule has 3 saturated heterocycles. The Morgan fingerprint density at radius 2 is 1.78 bits per heavy atom. The second-order valence-electron chi connectivity index (χ2n) is 5.18. The molecule has 1 unspecified atom stereocenters. The summed E-state index contributed by atoms with van der Waals surface area (Å²) in [6.45, 7) is 3.53. The molecule has 5 heteroatoms. The fourth-order valence-corrected chi connectivity index (χ4v) is 3.48. The third-order valence-corrected chi connectivity index (χ3v) is 4.60. The third-order valence-electron chi connectivity index (χ3n) is 4.03. The summed E-state index contributed by atoms with van der Waals surface area (Å²) in [4.78, 5) is 2.49. The minimum absolute atomic E-state index is 0.0437. The lowest BCUT2D eigenvalue weighted by atomic mass is 9.84. The van der Waals surface area contributed by atoms with Gasteiger partial charge >= 0.3 is 0 Å². The molecule has 1 aromatic carbocycles. The van der Waals surface area contributed by atoms with Crippen LogP contribution in [0.4, 0.5) is 5.69 Å². The number of anilines is 1. The lowest BCUT2D eigenvalue weighted by molar-refractivity contribution is 0.0975. The molecule has 1 aromatic rings. The summed E-state index contributed by atoms with van der Waals surface area (Å²) in [5.41, 5.74) is 0.890. The number of nitrogens with zero attached hydrogens (tertiary/aromatic N) is 1. The highest BCUT2D eigenvalue weighted by Gasteiger charge is 2.33. The van der Waals surface area contributed by atoms with Gasteiger partial charge in [-0.2, -0.15) is 0 Å². The first-order chi connectivity index (χ1) is 8.63. The van der Waals surface area contributed by atoms with Crippen LogP contribution in [0.1, 0.15) is 12.8 Å². The number of hydrogen-bond donors (Lipinski definition) is 2. The van der Waals surface area contributed by atoms with Gasteiger partial charge in [0.15, 0.2) is 5.75 Å². The van der Waals surface area contributed by atoms with Gasteiger partial charge in [0, 0.05) is 18.3 Å². The lowest BCUT2D eigenvalue weighted by Crippen LogP contribution is -2.53. The maximum Gasteiger partial charge on any atom is 0.152 e. The van der Waals surface area contributed by atoms with Crippen LogP contribution >= 0.6 is 23.2 Å². The van der Waals surface area contributed by atoms with Crippen molar-refractivity contribution in [2.24, 2.45) is 5.92 Å². The fourth-order valence-electron chi connectivity index (χ4n) is 2.99. The summed E-state index contributed by atoms with van der Waals surface area (Å²) >= 11 is 11.9. The largest absolute Gasteiger partial charge is 0.505 e. The molecule has 0 amide bonds. The normalized spacial score (nSPS) is 30.4. The smallest absolute Gasteiger partial charge is 0.152 e. The topological polar surface area (TPSA) is 35.5 Å². The molecule has 2 bridgehead atoms. The summed E-state index contributed by atoms with van der Waals surface area (Å²) in [7, 11) is 0. The first-order valence-electron chi connectivity index (χ1n) is 6.30. The summed E-state index contributed by atoms with van der Waals surface area (Å²) in [5, 5.41) is 13.6. The van der Waals surface area contributed by atoms with Crippen molar-refractivity contribution >= 4 is 28.9 Å². The van der Waals surface area contributed by atoms with E-state index < -0.39 is 0 Å². The van der Waals surface area contributed by atoms with Gasteiger partial charge in [0.25, 0.3) is 0 Å². The predicted octanol–water partition coefficient (Wildman–Crippen LogP) is 3.21. The van der Waals surface area contributed by atoms with Crippen LogP contribution in [0.3, 0.4) is 0 Å². The van der Waals surface area contributed by atoms with Crippen LogP contribution in [-0.4, -0.2) is 35.7 Å². The average molecular weight is 287 g/mol. The number of nitrogens with one attached hydrogen (secondary N) is 1. The molecular formula is C13H16Cl2N2O. The number of aromatic hydroxyl groups is 1. The number of rotatable bonds is 2. The first-order valence-corrected chi connectivity index (χ1v) is 7.06. The van der Waals surface area contributed by atoms with Crippen molar-refractivity contribution < 1.29 is 5.11 Å². The van der Waals surface area contributed by atoms with E-state index in [4.69, 9.17) is 23.2 Å². The van der Waals surface area contributed by atoms with Gasteiger partial charge in [0.1, 0.15) is 0 Å². The number of hydrogen-bond acceptors (Lipinski definition) is 3. The van der Waals surface area contributed by atoms with E-state index in [1.54, 1.807) is 12.1 Å². The van der Waals surface area contributed by atoms with E-state index in [0.717, 1.165) is 18.2 Å². The third kappa shape index (κ3) is 2.27. The maximum absolute atomic E-state index is 9.54. The molecule has 0 saturated carbocycles. The van der Waals surface area contributed by atoms with E-state index in [1.807, 2.05) is 0 Å². The van der Waals surface area contributed by atoms with Crippen LogP contribution in [0.2, 0.25) is 10.0 Å². The molecule has 3 nitrogen and oxygen atoms in total. The number of phenols is 1. The second kappa shape index (κ2) is 4.80. The van der Waals surface area contributed by atoms with Crippen LogP contribution in [-0.2, 0) is 0 Å². The molecule has 0 aromatic heterocycles. The first kappa shape index (κ1) is 12.4. The standard InChI is InChI=1S/C13H16Cl2N2O/c14-10-5-9(6-11(15)13(10)18)16-12-7-17-3-1-8(12)2-4-17/h5-6,8,12,16,18H,1-4,7H2. The van der Waals surface area contributed by atoms with Crippen LogP contribution < -0.4 is 5.32 Å². The summed E-state index contributed by atoms with van der Waals surface area (Å²) in [6, 6.07) is 3.94. The van der Waals surface area contributed by atoms with Crippen molar-refractivity contribution in [2.45, 2.75) is 18.9 Å². The zero-order chi connectivity index (χ0) is 12.7. The molecule has 3 fully saturated rings. The molecule has 18 heavy (non-hydrogen) atoms. The van der Waals surface area contributed by atoms with Gasteiger partial charge in [-0.1, -0.05) is 23.2 Å². The fraction of sp³-hybridized carbons (Fsp3) is 0.538. The highest BCUT2D eigenvalue weighted by Crippen LogP contribution is 2.36. The Kier molecular flexibility index (Phi) is 3.31. The summed E-state index contributed by atoms with van der Waals surface area (Å²) in [6.07, 6.45) is 2.52.